The number of aromatic nitrogens is 4. The van der Waals surface area contributed by atoms with Crippen molar-refractivity contribution < 1.29 is 23.0 Å². The molecule has 0 radical (unpaired) electrons. The molecule has 27 heavy (non-hydrogen) atoms. The van der Waals surface area contributed by atoms with Gasteiger partial charge in [0.25, 0.3) is 0 Å². The molecule has 2 N–H and O–H groups in total. The minimum absolute atomic E-state index is 0.0369. The molecule has 2 aliphatic rings. The Bertz CT molecular complexity index is 1030. The van der Waals surface area contributed by atoms with Gasteiger partial charge in [-0.2, -0.15) is 4.52 Å². The summed E-state index contributed by atoms with van der Waals surface area (Å²) in [6.07, 6.45) is -3.10. The number of morpholine rings is 1. The monoisotopic (exact) mass is 378 g/mol. The predicted octanol–water partition coefficient (Wildman–Crippen LogP) is 1.06. The molecule has 0 amide bonds. The summed E-state index contributed by atoms with van der Waals surface area (Å²) in [6.45, 7) is 3.98. The van der Waals surface area contributed by atoms with Crippen LogP contribution in [0.3, 0.4) is 0 Å². The molecule has 1 saturated heterocycles. The number of nitrogen functional groups attached to an aromatic ring is 1. The molecule has 4 heterocycles. The lowest BCUT2D eigenvalue weighted by Gasteiger charge is -2.25. The van der Waals surface area contributed by atoms with E-state index < -0.39 is 6.29 Å². The second-order valence-electron chi connectivity index (χ2n) is 6.39. The maximum Gasteiger partial charge on any atom is 0.586 e. The van der Waals surface area contributed by atoms with E-state index in [1.165, 1.54) is 10.6 Å². The van der Waals surface area contributed by atoms with E-state index in [-0.39, 0.29) is 23.0 Å². The quantitative estimate of drug-likeness (QED) is 0.722. The zero-order valence-corrected chi connectivity index (χ0v) is 14.2. The summed E-state index contributed by atoms with van der Waals surface area (Å²) in [5.41, 5.74) is 6.58. The normalized spacial score (nSPS) is 19.2. The molecule has 11 heteroatoms. The van der Waals surface area contributed by atoms with Gasteiger partial charge in [0.2, 0.25) is 5.95 Å². The van der Waals surface area contributed by atoms with E-state index in [2.05, 4.69) is 29.4 Å². The average Bonchev–Trinajstić information content (AvgIpc) is 3.21. The molecule has 0 saturated carbocycles. The molecule has 1 aromatic carbocycles. The topological polar surface area (TPSA) is 100 Å². The van der Waals surface area contributed by atoms with E-state index in [0.717, 1.165) is 32.8 Å². The molecule has 2 aromatic heterocycles. The molecule has 5 rings (SSSR count). The van der Waals surface area contributed by atoms with Crippen LogP contribution in [0.15, 0.2) is 12.1 Å². The highest BCUT2D eigenvalue weighted by molar-refractivity contribution is 5.97. The van der Waals surface area contributed by atoms with Gasteiger partial charge in [-0.1, -0.05) is 0 Å². The third-order valence-electron chi connectivity index (χ3n) is 4.64. The fraction of sp³-hybridized carbons (Fsp3) is 0.438. The van der Waals surface area contributed by atoms with Gasteiger partial charge in [-0.25, -0.2) is 9.97 Å². The standard InChI is InChI=1S/C16H16F2N6O3/c17-16(18)26-10-2-1-9-12(13(10)27-16)21-15(19)24-14(9)20-11(22-24)3-4-23-5-7-25-8-6-23/h1-2H,3-8H2,(H2,19,21). The highest BCUT2D eigenvalue weighted by Gasteiger charge is 2.44. The van der Waals surface area contributed by atoms with Crippen LogP contribution in [0.1, 0.15) is 5.82 Å². The molecule has 142 valence electrons. The van der Waals surface area contributed by atoms with Crippen molar-refractivity contribution >= 4 is 22.5 Å². The first kappa shape index (κ1) is 16.4. The molecule has 0 spiro atoms. The second-order valence-corrected chi connectivity index (χ2v) is 6.39. The van der Waals surface area contributed by atoms with E-state index in [1.807, 2.05) is 0 Å². The molecule has 9 nitrogen and oxygen atoms in total. The van der Waals surface area contributed by atoms with Crippen LogP contribution in [-0.4, -0.2) is 63.6 Å². The third-order valence-corrected chi connectivity index (χ3v) is 4.64. The number of nitrogens with zero attached hydrogens (tertiary/aromatic N) is 5. The summed E-state index contributed by atoms with van der Waals surface area (Å²) < 4.78 is 42.6. The Morgan fingerprint density at radius 1 is 1.15 bits per heavy atom. The molecular formula is C16H16F2N6O3. The summed E-state index contributed by atoms with van der Waals surface area (Å²) in [4.78, 5) is 11.0. The fourth-order valence-electron chi connectivity index (χ4n) is 3.33. The van der Waals surface area contributed by atoms with Crippen molar-refractivity contribution in [3.05, 3.63) is 18.0 Å². The fourth-order valence-corrected chi connectivity index (χ4v) is 3.33. The summed E-state index contributed by atoms with van der Waals surface area (Å²) in [6, 6.07) is 3.00. The Morgan fingerprint density at radius 3 is 2.78 bits per heavy atom. The lowest BCUT2D eigenvalue weighted by molar-refractivity contribution is -0.286. The van der Waals surface area contributed by atoms with Crippen molar-refractivity contribution in [2.75, 3.05) is 38.6 Å². The van der Waals surface area contributed by atoms with Crippen LogP contribution in [-0.2, 0) is 11.2 Å². The largest absolute Gasteiger partial charge is 0.586 e. The maximum atomic E-state index is 13.4. The third kappa shape index (κ3) is 2.79. The predicted molar refractivity (Wildman–Crippen MR) is 89.9 cm³/mol. The maximum absolute atomic E-state index is 13.4. The van der Waals surface area contributed by atoms with Crippen molar-refractivity contribution in [2.45, 2.75) is 12.7 Å². The zero-order valence-electron chi connectivity index (χ0n) is 14.2. The van der Waals surface area contributed by atoms with Crippen LogP contribution >= 0.6 is 0 Å². The Balaban J connectivity index is 1.52. The number of rotatable bonds is 3. The number of hydrogen-bond acceptors (Lipinski definition) is 8. The molecule has 2 aliphatic heterocycles. The van der Waals surface area contributed by atoms with E-state index in [1.54, 1.807) is 6.07 Å². The number of nitrogens with two attached hydrogens (primary N) is 1. The smallest absolute Gasteiger partial charge is 0.395 e. The molecule has 0 unspecified atom stereocenters. The molecule has 0 aliphatic carbocycles. The first-order valence-electron chi connectivity index (χ1n) is 8.54. The van der Waals surface area contributed by atoms with Crippen molar-refractivity contribution in [1.29, 1.82) is 0 Å². The zero-order chi connectivity index (χ0) is 18.6. The number of halogens is 2. The summed E-state index contributed by atoms with van der Waals surface area (Å²) in [5.74, 6) is 0.403. The first-order valence-corrected chi connectivity index (χ1v) is 8.54. The number of anilines is 1. The van der Waals surface area contributed by atoms with Gasteiger partial charge in [0.15, 0.2) is 23.0 Å². The molecule has 3 aromatic rings. The van der Waals surface area contributed by atoms with Gasteiger partial charge in [0.05, 0.1) is 13.2 Å². The highest BCUT2D eigenvalue weighted by Crippen LogP contribution is 2.45. The van der Waals surface area contributed by atoms with Crippen molar-refractivity contribution in [3.63, 3.8) is 0 Å². The highest BCUT2D eigenvalue weighted by atomic mass is 19.3. The van der Waals surface area contributed by atoms with E-state index in [4.69, 9.17) is 10.5 Å². The molecular weight excluding hydrogens is 362 g/mol. The van der Waals surface area contributed by atoms with Crippen LogP contribution in [0.4, 0.5) is 14.7 Å². The minimum Gasteiger partial charge on any atom is -0.395 e. The summed E-state index contributed by atoms with van der Waals surface area (Å²) in [7, 11) is 0. The molecule has 0 atom stereocenters. The van der Waals surface area contributed by atoms with Crippen LogP contribution < -0.4 is 15.2 Å². The van der Waals surface area contributed by atoms with Crippen LogP contribution in [0.5, 0.6) is 11.5 Å². The minimum atomic E-state index is -3.73. The lowest BCUT2D eigenvalue weighted by Crippen LogP contribution is -2.37. The van der Waals surface area contributed by atoms with Crippen molar-refractivity contribution in [2.24, 2.45) is 0 Å². The summed E-state index contributed by atoms with van der Waals surface area (Å²) >= 11 is 0. The number of alkyl halides is 2. The number of ether oxygens (including phenoxy) is 3. The van der Waals surface area contributed by atoms with E-state index >= 15 is 0 Å². The van der Waals surface area contributed by atoms with E-state index in [0.29, 0.717) is 23.3 Å². The Hall–Kier alpha value is -2.79. The number of benzene rings is 1. The Labute approximate surface area is 151 Å². The van der Waals surface area contributed by atoms with Crippen LogP contribution in [0.2, 0.25) is 0 Å². The van der Waals surface area contributed by atoms with Gasteiger partial charge in [0, 0.05) is 31.4 Å². The number of hydrogen-bond donors (Lipinski definition) is 1. The molecule has 0 bridgehead atoms. The SMILES string of the molecule is Nc1nc2c3c(ccc2c2nc(CCN4CCOCC4)nn12)OC(F)(F)O3. The van der Waals surface area contributed by atoms with Gasteiger partial charge in [-0.3, -0.25) is 4.90 Å². The molecule has 1 fully saturated rings. The lowest BCUT2D eigenvalue weighted by atomic mass is 10.2. The Kier molecular flexibility index (Phi) is 3.56. The Morgan fingerprint density at radius 2 is 1.96 bits per heavy atom. The van der Waals surface area contributed by atoms with Gasteiger partial charge in [0.1, 0.15) is 5.52 Å². The van der Waals surface area contributed by atoms with E-state index in [9.17, 15) is 8.78 Å². The van der Waals surface area contributed by atoms with Gasteiger partial charge < -0.3 is 19.9 Å². The van der Waals surface area contributed by atoms with Crippen LogP contribution in [0.25, 0.3) is 16.6 Å². The average molecular weight is 378 g/mol. The number of fused-ring (bicyclic) bond motifs is 5. The van der Waals surface area contributed by atoms with Crippen LogP contribution in [0, 0.1) is 0 Å². The first-order chi connectivity index (χ1) is 13.0. The summed E-state index contributed by atoms with van der Waals surface area (Å²) in [5, 5.41) is 4.92. The van der Waals surface area contributed by atoms with Crippen molar-refractivity contribution in [1.82, 2.24) is 24.5 Å². The van der Waals surface area contributed by atoms with Gasteiger partial charge in [-0.05, 0) is 12.1 Å². The van der Waals surface area contributed by atoms with Gasteiger partial charge >= 0.3 is 6.29 Å². The van der Waals surface area contributed by atoms with Gasteiger partial charge in [-0.15, -0.1) is 13.9 Å². The van der Waals surface area contributed by atoms with Crippen molar-refractivity contribution in [3.8, 4) is 11.5 Å². The second kappa shape index (κ2) is 5.86.